The number of hydrogen-bond donors (Lipinski definition) is 1. The highest BCUT2D eigenvalue weighted by molar-refractivity contribution is 7.99. The smallest absolute Gasteiger partial charge is 0.326 e. The van der Waals surface area contributed by atoms with E-state index in [-0.39, 0.29) is 17.6 Å². The van der Waals surface area contributed by atoms with Crippen molar-refractivity contribution in [2.45, 2.75) is 37.1 Å². The molecule has 1 saturated heterocycles. The highest BCUT2D eigenvalue weighted by atomic mass is 32.2. The summed E-state index contributed by atoms with van der Waals surface area (Å²) in [6, 6.07) is 5.44. The van der Waals surface area contributed by atoms with Crippen LogP contribution >= 0.6 is 11.8 Å². The molecule has 0 spiro atoms. The monoisotopic (exact) mass is 325 g/mol. The summed E-state index contributed by atoms with van der Waals surface area (Å²) in [5.74, 6) is -1.04. The summed E-state index contributed by atoms with van der Waals surface area (Å²) in [6.07, 6.45) is 2.23. The van der Waals surface area contributed by atoms with E-state index in [0.717, 1.165) is 17.7 Å². The molecule has 1 unspecified atom stereocenters. The summed E-state index contributed by atoms with van der Waals surface area (Å²) in [7, 11) is 0. The number of benzene rings is 1. The molecule has 0 aliphatic carbocycles. The topological polar surface area (TPSA) is 57.6 Å². The third-order valence-corrected chi connectivity index (χ3v) is 5.08. The van der Waals surface area contributed by atoms with Gasteiger partial charge < -0.3 is 10.0 Å². The first kappa shape index (κ1) is 16.8. The van der Waals surface area contributed by atoms with Gasteiger partial charge in [-0.1, -0.05) is 6.92 Å². The van der Waals surface area contributed by atoms with E-state index in [1.807, 2.05) is 6.92 Å². The predicted molar refractivity (Wildman–Crippen MR) is 83.3 cm³/mol. The number of carboxylic acids is 1. The van der Waals surface area contributed by atoms with Gasteiger partial charge in [-0.25, -0.2) is 9.18 Å². The van der Waals surface area contributed by atoms with E-state index in [1.165, 1.54) is 28.8 Å². The molecule has 0 saturated carbocycles. The minimum absolute atomic E-state index is 0.110. The van der Waals surface area contributed by atoms with Crippen molar-refractivity contribution in [3.05, 3.63) is 30.1 Å². The number of nitrogens with zero attached hydrogens (tertiary/aromatic N) is 1. The first-order valence-corrected chi connectivity index (χ1v) is 8.39. The molecule has 1 N–H and O–H groups in total. The second kappa shape index (κ2) is 7.63. The molecule has 0 bridgehead atoms. The van der Waals surface area contributed by atoms with Crippen LogP contribution in [0.5, 0.6) is 0 Å². The quantitative estimate of drug-likeness (QED) is 0.846. The molecule has 6 heteroatoms. The molecule has 1 aromatic rings. The van der Waals surface area contributed by atoms with Crippen LogP contribution in [0, 0.1) is 11.7 Å². The fourth-order valence-corrected chi connectivity index (χ4v) is 3.47. The van der Waals surface area contributed by atoms with Gasteiger partial charge in [0.15, 0.2) is 0 Å². The molecule has 22 heavy (non-hydrogen) atoms. The highest BCUT2D eigenvalue weighted by Gasteiger charge is 2.33. The Labute approximate surface area is 133 Å². The van der Waals surface area contributed by atoms with Crippen molar-refractivity contribution in [1.29, 1.82) is 0 Å². The van der Waals surface area contributed by atoms with Crippen molar-refractivity contribution in [3.63, 3.8) is 0 Å². The van der Waals surface area contributed by atoms with E-state index in [4.69, 9.17) is 0 Å². The Morgan fingerprint density at radius 2 is 2.05 bits per heavy atom. The Morgan fingerprint density at radius 3 is 2.68 bits per heavy atom. The number of piperidine rings is 1. The van der Waals surface area contributed by atoms with Gasteiger partial charge in [0.1, 0.15) is 11.9 Å². The maximum Gasteiger partial charge on any atom is 0.326 e. The fourth-order valence-electron chi connectivity index (χ4n) is 2.56. The largest absolute Gasteiger partial charge is 0.480 e. The lowest BCUT2D eigenvalue weighted by atomic mass is 10.0. The van der Waals surface area contributed by atoms with Crippen LogP contribution < -0.4 is 0 Å². The van der Waals surface area contributed by atoms with Crippen LogP contribution in [0.25, 0.3) is 0 Å². The number of amides is 1. The fraction of sp³-hybridized carbons (Fsp3) is 0.500. The van der Waals surface area contributed by atoms with E-state index >= 15 is 0 Å². The van der Waals surface area contributed by atoms with Crippen LogP contribution in [0.1, 0.15) is 26.2 Å². The zero-order valence-corrected chi connectivity index (χ0v) is 13.3. The van der Waals surface area contributed by atoms with E-state index in [2.05, 4.69) is 0 Å². The summed E-state index contributed by atoms with van der Waals surface area (Å²) in [5, 5.41) is 9.24. The number of hydrogen-bond acceptors (Lipinski definition) is 3. The molecule has 1 aliphatic rings. The molecular weight excluding hydrogens is 305 g/mol. The molecule has 4 nitrogen and oxygen atoms in total. The standard InChI is InChI=1S/C16H20FNO3S/c1-11(10-22-13-7-5-12(17)6-8-13)15(19)18-9-3-2-4-14(18)16(20)21/h5-8,11,14H,2-4,9-10H2,1H3,(H,20,21)/t11?,14-/m1/s1. The number of carboxylic acid groups (broad SMARTS) is 1. The normalized spacial score (nSPS) is 19.7. The minimum Gasteiger partial charge on any atom is -0.480 e. The molecule has 1 aromatic carbocycles. The lowest BCUT2D eigenvalue weighted by Crippen LogP contribution is -2.50. The maximum absolute atomic E-state index is 12.8. The lowest BCUT2D eigenvalue weighted by molar-refractivity contribution is -0.153. The van der Waals surface area contributed by atoms with Gasteiger partial charge in [0.05, 0.1) is 0 Å². The molecule has 0 aromatic heterocycles. The molecule has 120 valence electrons. The van der Waals surface area contributed by atoms with Gasteiger partial charge in [-0.3, -0.25) is 4.79 Å². The molecule has 0 radical (unpaired) electrons. The van der Waals surface area contributed by atoms with Crippen LogP contribution in [0.15, 0.2) is 29.2 Å². The summed E-state index contributed by atoms with van der Waals surface area (Å²) in [5.41, 5.74) is 0. The number of thioether (sulfide) groups is 1. The molecule has 1 heterocycles. The van der Waals surface area contributed by atoms with Crippen LogP contribution in [0.4, 0.5) is 4.39 Å². The number of aliphatic carboxylic acids is 1. The van der Waals surface area contributed by atoms with E-state index in [1.54, 1.807) is 12.1 Å². The third kappa shape index (κ3) is 4.22. The van der Waals surface area contributed by atoms with Gasteiger partial charge in [0.2, 0.25) is 5.91 Å². The van der Waals surface area contributed by atoms with E-state index in [0.29, 0.717) is 18.7 Å². The first-order valence-electron chi connectivity index (χ1n) is 7.40. The van der Waals surface area contributed by atoms with Gasteiger partial charge in [0.25, 0.3) is 0 Å². The Balaban J connectivity index is 1.93. The number of rotatable bonds is 5. The predicted octanol–water partition coefficient (Wildman–Crippen LogP) is 3.02. The number of likely N-dealkylation sites (tertiary alicyclic amines) is 1. The highest BCUT2D eigenvalue weighted by Crippen LogP contribution is 2.24. The van der Waals surface area contributed by atoms with Gasteiger partial charge in [0, 0.05) is 23.1 Å². The van der Waals surface area contributed by atoms with Crippen LogP contribution in [-0.4, -0.2) is 40.2 Å². The summed E-state index contributed by atoms with van der Waals surface area (Å²) in [4.78, 5) is 26.1. The molecular formula is C16H20FNO3S. The van der Waals surface area contributed by atoms with Gasteiger partial charge in [-0.2, -0.15) is 0 Å². The van der Waals surface area contributed by atoms with Crippen molar-refractivity contribution >= 4 is 23.6 Å². The average Bonchev–Trinajstić information content (AvgIpc) is 2.53. The zero-order chi connectivity index (χ0) is 16.1. The van der Waals surface area contributed by atoms with Crippen molar-refractivity contribution in [1.82, 2.24) is 4.90 Å². The van der Waals surface area contributed by atoms with Crippen LogP contribution in [0.2, 0.25) is 0 Å². The van der Waals surface area contributed by atoms with Gasteiger partial charge in [-0.15, -0.1) is 11.8 Å². The number of carbonyl (C=O) groups excluding carboxylic acids is 1. The lowest BCUT2D eigenvalue weighted by Gasteiger charge is -2.34. The zero-order valence-electron chi connectivity index (χ0n) is 12.5. The van der Waals surface area contributed by atoms with Gasteiger partial charge in [-0.05, 0) is 43.5 Å². The molecule has 1 amide bonds. The Hall–Kier alpha value is -1.56. The Morgan fingerprint density at radius 1 is 1.36 bits per heavy atom. The van der Waals surface area contributed by atoms with E-state index in [9.17, 15) is 19.1 Å². The molecule has 2 atom stereocenters. The van der Waals surface area contributed by atoms with Crippen molar-refractivity contribution < 1.29 is 19.1 Å². The summed E-state index contributed by atoms with van der Waals surface area (Å²) in [6.45, 7) is 2.33. The molecule has 1 fully saturated rings. The van der Waals surface area contributed by atoms with Crippen molar-refractivity contribution in [2.24, 2.45) is 5.92 Å². The molecule has 2 rings (SSSR count). The first-order chi connectivity index (χ1) is 10.5. The molecule has 1 aliphatic heterocycles. The summed E-state index contributed by atoms with van der Waals surface area (Å²) < 4.78 is 12.8. The number of carbonyl (C=O) groups is 2. The maximum atomic E-state index is 12.8. The van der Waals surface area contributed by atoms with Gasteiger partial charge >= 0.3 is 5.97 Å². The SMILES string of the molecule is CC(CSc1ccc(F)cc1)C(=O)N1CCCC[C@@H]1C(=O)O. The van der Waals surface area contributed by atoms with Crippen molar-refractivity contribution in [3.8, 4) is 0 Å². The van der Waals surface area contributed by atoms with Crippen molar-refractivity contribution in [2.75, 3.05) is 12.3 Å². The van der Waals surface area contributed by atoms with E-state index < -0.39 is 12.0 Å². The number of halogens is 1. The second-order valence-electron chi connectivity index (χ2n) is 5.55. The average molecular weight is 325 g/mol. The third-order valence-electron chi connectivity index (χ3n) is 3.81. The Bertz CT molecular complexity index is 535. The summed E-state index contributed by atoms with van der Waals surface area (Å²) >= 11 is 1.48. The Kier molecular flexibility index (Phi) is 5.83. The minimum atomic E-state index is -0.925. The van der Waals surface area contributed by atoms with Crippen LogP contribution in [0.3, 0.4) is 0 Å². The van der Waals surface area contributed by atoms with Crippen LogP contribution in [-0.2, 0) is 9.59 Å². The second-order valence-corrected chi connectivity index (χ2v) is 6.64.